The van der Waals surface area contributed by atoms with E-state index in [0.29, 0.717) is 26.7 Å². The van der Waals surface area contributed by atoms with Gasteiger partial charge in [0.25, 0.3) is 0 Å². The third-order valence-corrected chi connectivity index (χ3v) is 5.90. The number of carbonyl (C=O) groups is 1. The molecule has 0 atom stereocenters. The van der Waals surface area contributed by atoms with Crippen LogP contribution in [0, 0.1) is 0 Å². The summed E-state index contributed by atoms with van der Waals surface area (Å²) in [5.41, 5.74) is 2.13. The highest BCUT2D eigenvalue weighted by molar-refractivity contribution is 7.99. The van der Waals surface area contributed by atoms with Gasteiger partial charge in [0.2, 0.25) is 5.91 Å². The first-order chi connectivity index (χ1) is 15.5. The fourth-order valence-corrected chi connectivity index (χ4v) is 4.12. The second kappa shape index (κ2) is 10.0. The highest BCUT2D eigenvalue weighted by atomic mass is 35.5. The van der Waals surface area contributed by atoms with Gasteiger partial charge in [-0.1, -0.05) is 35.0 Å². The molecule has 0 bridgehead atoms. The number of anilines is 1. The Hall–Kier alpha value is -3.07. The molecule has 1 N–H and O–H groups in total. The minimum atomic E-state index is -0.230. The summed E-state index contributed by atoms with van der Waals surface area (Å²) in [5.74, 6) is 1.23. The van der Waals surface area contributed by atoms with Crippen molar-refractivity contribution in [3.05, 3.63) is 77.0 Å². The summed E-state index contributed by atoms with van der Waals surface area (Å²) in [6.45, 7) is 0. The van der Waals surface area contributed by atoms with Crippen LogP contribution < -0.4 is 10.1 Å². The van der Waals surface area contributed by atoms with Gasteiger partial charge in [0.1, 0.15) is 5.75 Å². The van der Waals surface area contributed by atoms with Crippen molar-refractivity contribution in [1.82, 2.24) is 19.7 Å². The number of ether oxygens (including phenoxy) is 1. The zero-order valence-corrected chi connectivity index (χ0v) is 19.2. The maximum Gasteiger partial charge on any atom is 0.234 e. The van der Waals surface area contributed by atoms with Crippen LogP contribution >= 0.6 is 35.0 Å². The quantitative estimate of drug-likeness (QED) is 0.354. The number of methoxy groups -OCH3 is 1. The molecule has 0 radical (unpaired) electrons. The number of hydrogen-bond acceptors (Lipinski definition) is 6. The van der Waals surface area contributed by atoms with Gasteiger partial charge in [0, 0.05) is 28.7 Å². The number of pyridine rings is 1. The van der Waals surface area contributed by atoms with E-state index in [1.54, 1.807) is 37.7 Å². The molecule has 2 heterocycles. The topological polar surface area (TPSA) is 81.9 Å². The molecule has 4 rings (SSSR count). The summed E-state index contributed by atoms with van der Waals surface area (Å²) in [6, 6.07) is 16.1. The van der Waals surface area contributed by atoms with Crippen molar-refractivity contribution in [2.75, 3.05) is 18.2 Å². The highest BCUT2D eigenvalue weighted by Gasteiger charge is 2.18. The zero-order chi connectivity index (χ0) is 22.5. The van der Waals surface area contributed by atoms with Crippen LogP contribution in [-0.2, 0) is 4.79 Å². The molecule has 1 amide bonds. The lowest BCUT2D eigenvalue weighted by Crippen LogP contribution is -2.15. The molecule has 2 aromatic carbocycles. The van der Waals surface area contributed by atoms with Crippen LogP contribution in [0.3, 0.4) is 0 Å². The molecule has 0 fully saturated rings. The number of halogens is 2. The minimum absolute atomic E-state index is 0.111. The van der Waals surface area contributed by atoms with E-state index < -0.39 is 0 Å². The summed E-state index contributed by atoms with van der Waals surface area (Å²) < 4.78 is 7.14. The van der Waals surface area contributed by atoms with E-state index in [2.05, 4.69) is 20.5 Å². The molecule has 0 spiro atoms. The van der Waals surface area contributed by atoms with Crippen molar-refractivity contribution in [2.24, 2.45) is 0 Å². The van der Waals surface area contributed by atoms with E-state index in [-0.39, 0.29) is 11.7 Å². The first-order valence-electron chi connectivity index (χ1n) is 9.43. The Morgan fingerprint density at radius 2 is 1.94 bits per heavy atom. The molecule has 162 valence electrons. The van der Waals surface area contributed by atoms with Gasteiger partial charge >= 0.3 is 0 Å². The molecule has 10 heteroatoms. The Morgan fingerprint density at radius 3 is 2.62 bits per heavy atom. The van der Waals surface area contributed by atoms with Gasteiger partial charge in [-0.3, -0.25) is 14.3 Å². The molecule has 4 aromatic rings. The lowest BCUT2D eigenvalue weighted by molar-refractivity contribution is -0.113. The van der Waals surface area contributed by atoms with E-state index in [9.17, 15) is 4.79 Å². The van der Waals surface area contributed by atoms with E-state index in [4.69, 9.17) is 27.9 Å². The maximum atomic E-state index is 12.5. The number of carbonyl (C=O) groups excluding carboxylic acids is 1. The number of rotatable bonds is 7. The average molecular weight is 486 g/mol. The molecule has 0 aliphatic heterocycles. The number of nitrogens with one attached hydrogen (secondary N) is 1. The molecule has 2 aromatic heterocycles. The Bertz CT molecular complexity index is 1230. The molecular formula is C22H17Cl2N5O2S. The Balaban J connectivity index is 1.59. The average Bonchev–Trinajstić information content (AvgIpc) is 3.24. The molecule has 7 nitrogen and oxygen atoms in total. The molecule has 0 saturated heterocycles. The number of thioether (sulfide) groups is 1. The SMILES string of the molecule is COc1ccc(-n2c(SCC(=O)Nc3ccc(Cl)cc3Cl)nnc2-c2cccnc2)cc1. The number of nitrogens with zero attached hydrogens (tertiary/aromatic N) is 4. The van der Waals surface area contributed by atoms with Crippen molar-refractivity contribution in [1.29, 1.82) is 0 Å². The minimum Gasteiger partial charge on any atom is -0.497 e. The van der Waals surface area contributed by atoms with E-state index >= 15 is 0 Å². The fraction of sp³-hybridized carbons (Fsp3) is 0.0909. The molecule has 0 saturated carbocycles. The van der Waals surface area contributed by atoms with Crippen molar-refractivity contribution in [3.63, 3.8) is 0 Å². The van der Waals surface area contributed by atoms with Gasteiger partial charge < -0.3 is 10.1 Å². The van der Waals surface area contributed by atoms with Crippen LogP contribution in [0.1, 0.15) is 0 Å². The standard InChI is InChI=1S/C22H17Cl2N5O2S/c1-31-17-7-5-16(6-8-17)29-21(14-3-2-10-25-12-14)27-28-22(29)32-13-20(30)26-19-9-4-15(23)11-18(19)24/h2-12H,13H2,1H3,(H,26,30). The van der Waals surface area contributed by atoms with Crippen molar-refractivity contribution in [3.8, 4) is 22.8 Å². The van der Waals surface area contributed by atoms with Crippen molar-refractivity contribution in [2.45, 2.75) is 5.16 Å². The van der Waals surface area contributed by atoms with Crippen LogP contribution in [0.5, 0.6) is 5.75 Å². The zero-order valence-electron chi connectivity index (χ0n) is 16.8. The van der Waals surface area contributed by atoms with Crippen LogP contribution in [0.25, 0.3) is 17.1 Å². The second-order valence-electron chi connectivity index (χ2n) is 6.54. The molecule has 0 aliphatic rings. The summed E-state index contributed by atoms with van der Waals surface area (Å²) in [4.78, 5) is 16.7. The number of hydrogen-bond donors (Lipinski definition) is 1. The lowest BCUT2D eigenvalue weighted by atomic mass is 10.2. The van der Waals surface area contributed by atoms with Gasteiger partial charge in [-0.25, -0.2) is 0 Å². The largest absolute Gasteiger partial charge is 0.497 e. The monoisotopic (exact) mass is 485 g/mol. The summed E-state index contributed by atoms with van der Waals surface area (Å²) in [5, 5.41) is 12.9. The highest BCUT2D eigenvalue weighted by Crippen LogP contribution is 2.29. The molecule has 32 heavy (non-hydrogen) atoms. The number of benzene rings is 2. The van der Waals surface area contributed by atoms with Gasteiger partial charge in [-0.15, -0.1) is 10.2 Å². The normalized spacial score (nSPS) is 10.7. The summed E-state index contributed by atoms with van der Waals surface area (Å²) in [6.07, 6.45) is 3.41. The fourth-order valence-electron chi connectivity index (χ4n) is 2.92. The van der Waals surface area contributed by atoms with Gasteiger partial charge in [-0.2, -0.15) is 0 Å². The smallest absolute Gasteiger partial charge is 0.234 e. The number of aromatic nitrogens is 4. The number of amides is 1. The summed E-state index contributed by atoms with van der Waals surface area (Å²) in [7, 11) is 1.61. The van der Waals surface area contributed by atoms with Crippen LogP contribution in [0.4, 0.5) is 5.69 Å². The molecule has 0 aliphatic carbocycles. The van der Waals surface area contributed by atoms with Crippen molar-refractivity contribution >= 4 is 46.6 Å². The first-order valence-corrected chi connectivity index (χ1v) is 11.2. The molecular weight excluding hydrogens is 469 g/mol. The van der Waals surface area contributed by atoms with Gasteiger partial charge in [0.15, 0.2) is 11.0 Å². The Labute approximate surface area is 198 Å². The third kappa shape index (κ3) is 5.04. The van der Waals surface area contributed by atoms with Crippen molar-refractivity contribution < 1.29 is 9.53 Å². The second-order valence-corrected chi connectivity index (χ2v) is 8.33. The Kier molecular flexibility index (Phi) is 6.94. The van der Waals surface area contributed by atoms with Crippen LogP contribution in [0.2, 0.25) is 10.0 Å². The predicted octanol–water partition coefficient (Wildman–Crippen LogP) is 5.38. The van der Waals surface area contributed by atoms with Gasteiger partial charge in [0.05, 0.1) is 23.6 Å². The van der Waals surface area contributed by atoms with Crippen LogP contribution in [-0.4, -0.2) is 38.5 Å². The Morgan fingerprint density at radius 1 is 1.12 bits per heavy atom. The molecule has 0 unspecified atom stereocenters. The maximum absolute atomic E-state index is 12.5. The summed E-state index contributed by atoms with van der Waals surface area (Å²) >= 11 is 13.3. The first kappa shape index (κ1) is 22.1. The van der Waals surface area contributed by atoms with E-state index in [0.717, 1.165) is 17.0 Å². The van der Waals surface area contributed by atoms with Crippen LogP contribution in [0.15, 0.2) is 72.1 Å². The van der Waals surface area contributed by atoms with Gasteiger partial charge in [-0.05, 0) is 54.6 Å². The lowest BCUT2D eigenvalue weighted by Gasteiger charge is -2.11. The predicted molar refractivity (Wildman–Crippen MR) is 127 cm³/mol. The third-order valence-electron chi connectivity index (χ3n) is 4.42. The van der Waals surface area contributed by atoms with E-state index in [1.807, 2.05) is 41.0 Å². The van der Waals surface area contributed by atoms with E-state index in [1.165, 1.54) is 11.8 Å².